The summed E-state index contributed by atoms with van der Waals surface area (Å²) < 4.78 is 38.2. The first kappa shape index (κ1) is 16.4. The number of rotatable bonds is 4. The molecule has 1 aliphatic heterocycles. The second-order valence-electron chi connectivity index (χ2n) is 5.46. The number of sulfonamides is 1. The summed E-state index contributed by atoms with van der Waals surface area (Å²) in [6.45, 7) is 4.20. The van der Waals surface area contributed by atoms with Crippen molar-refractivity contribution in [3.63, 3.8) is 0 Å². The van der Waals surface area contributed by atoms with Gasteiger partial charge in [-0.1, -0.05) is 12.1 Å². The fraction of sp³-hybridized carbons (Fsp3) is 0.571. The van der Waals surface area contributed by atoms with Gasteiger partial charge in [-0.25, -0.2) is 12.8 Å². The summed E-state index contributed by atoms with van der Waals surface area (Å²) in [5.74, 6) is -0.235. The molecular weight excluding hydrogens is 293 g/mol. The average Bonchev–Trinajstić information content (AvgIpc) is 2.43. The van der Waals surface area contributed by atoms with E-state index in [2.05, 4.69) is 4.90 Å². The van der Waals surface area contributed by atoms with E-state index in [1.807, 2.05) is 6.07 Å². The Morgan fingerprint density at radius 3 is 2.38 bits per heavy atom. The van der Waals surface area contributed by atoms with E-state index in [9.17, 15) is 12.8 Å². The van der Waals surface area contributed by atoms with Crippen LogP contribution in [0.2, 0.25) is 0 Å². The number of halogens is 1. The molecular formula is C14H22FN3O2S. The highest BCUT2D eigenvalue weighted by atomic mass is 32.2. The second kappa shape index (κ2) is 6.39. The maximum Gasteiger partial charge on any atom is 0.211 e. The maximum absolute atomic E-state index is 13.7. The van der Waals surface area contributed by atoms with E-state index in [1.165, 1.54) is 16.6 Å². The Labute approximate surface area is 125 Å². The zero-order valence-corrected chi connectivity index (χ0v) is 13.2. The van der Waals surface area contributed by atoms with Crippen LogP contribution in [0.5, 0.6) is 0 Å². The molecule has 1 fully saturated rings. The average molecular weight is 315 g/mol. The third-order valence-corrected chi connectivity index (χ3v) is 5.29. The Bertz CT molecular complexity index is 598. The monoisotopic (exact) mass is 315 g/mol. The molecule has 0 radical (unpaired) electrons. The van der Waals surface area contributed by atoms with Crippen molar-refractivity contribution in [2.24, 2.45) is 5.73 Å². The Morgan fingerprint density at radius 1 is 1.29 bits per heavy atom. The van der Waals surface area contributed by atoms with Crippen LogP contribution in [0, 0.1) is 12.7 Å². The zero-order chi connectivity index (χ0) is 15.6. The molecule has 1 atom stereocenters. The third-order valence-electron chi connectivity index (χ3n) is 3.99. The smallest absolute Gasteiger partial charge is 0.211 e. The van der Waals surface area contributed by atoms with Crippen molar-refractivity contribution in [2.45, 2.75) is 13.0 Å². The van der Waals surface area contributed by atoms with Crippen LogP contribution in [0.1, 0.15) is 17.2 Å². The SMILES string of the molecule is Cc1ccc(C(CN)N2CCN(S(C)(=O)=O)CC2)cc1F. The van der Waals surface area contributed by atoms with Crippen molar-refractivity contribution in [3.05, 3.63) is 35.1 Å². The number of nitrogens with two attached hydrogens (primary N) is 1. The van der Waals surface area contributed by atoms with Gasteiger partial charge in [0.1, 0.15) is 5.82 Å². The summed E-state index contributed by atoms with van der Waals surface area (Å²) in [5.41, 5.74) is 7.30. The van der Waals surface area contributed by atoms with Crippen LogP contribution in [-0.2, 0) is 10.0 Å². The summed E-state index contributed by atoms with van der Waals surface area (Å²) in [6, 6.07) is 5.08. The quantitative estimate of drug-likeness (QED) is 0.889. The first-order valence-electron chi connectivity index (χ1n) is 6.98. The number of nitrogens with zero attached hydrogens (tertiary/aromatic N) is 2. The fourth-order valence-electron chi connectivity index (χ4n) is 2.66. The summed E-state index contributed by atoms with van der Waals surface area (Å²) in [6.07, 6.45) is 1.22. The van der Waals surface area contributed by atoms with Gasteiger partial charge in [-0.15, -0.1) is 0 Å². The molecule has 1 aliphatic rings. The van der Waals surface area contributed by atoms with Crippen LogP contribution in [-0.4, -0.2) is 56.6 Å². The van der Waals surface area contributed by atoms with E-state index in [4.69, 9.17) is 5.73 Å². The highest BCUT2D eigenvalue weighted by Gasteiger charge is 2.28. The van der Waals surface area contributed by atoms with Crippen LogP contribution < -0.4 is 5.73 Å². The minimum Gasteiger partial charge on any atom is -0.329 e. The molecule has 2 rings (SSSR count). The van der Waals surface area contributed by atoms with Gasteiger partial charge in [0.15, 0.2) is 0 Å². The standard InChI is InChI=1S/C14H22FN3O2S/c1-11-3-4-12(9-13(11)15)14(10-16)17-5-7-18(8-6-17)21(2,19)20/h3-4,9,14H,5-8,10,16H2,1-2H3. The molecule has 0 aliphatic carbocycles. The molecule has 0 aromatic heterocycles. The van der Waals surface area contributed by atoms with E-state index in [1.54, 1.807) is 13.0 Å². The van der Waals surface area contributed by atoms with Crippen molar-refractivity contribution >= 4 is 10.0 Å². The van der Waals surface area contributed by atoms with Gasteiger partial charge in [-0.3, -0.25) is 4.90 Å². The molecule has 0 amide bonds. The lowest BCUT2D eigenvalue weighted by Gasteiger charge is -2.38. The first-order valence-corrected chi connectivity index (χ1v) is 8.83. The van der Waals surface area contributed by atoms with Gasteiger partial charge in [0.2, 0.25) is 10.0 Å². The molecule has 7 heteroatoms. The van der Waals surface area contributed by atoms with Crippen LogP contribution in [0.15, 0.2) is 18.2 Å². The minimum absolute atomic E-state index is 0.0817. The van der Waals surface area contributed by atoms with Gasteiger partial charge in [-0.2, -0.15) is 4.31 Å². The molecule has 0 saturated carbocycles. The number of piperazine rings is 1. The van der Waals surface area contributed by atoms with Crippen molar-refractivity contribution < 1.29 is 12.8 Å². The van der Waals surface area contributed by atoms with E-state index in [0.717, 1.165) is 5.56 Å². The predicted molar refractivity (Wildman–Crippen MR) is 80.9 cm³/mol. The lowest BCUT2D eigenvalue weighted by molar-refractivity contribution is 0.140. The number of hydrogen-bond donors (Lipinski definition) is 1. The normalized spacial score (nSPS) is 19.6. The van der Waals surface area contributed by atoms with Crippen LogP contribution in [0.25, 0.3) is 0 Å². The van der Waals surface area contributed by atoms with Gasteiger partial charge >= 0.3 is 0 Å². The van der Waals surface area contributed by atoms with E-state index in [-0.39, 0.29) is 11.9 Å². The van der Waals surface area contributed by atoms with E-state index >= 15 is 0 Å². The molecule has 1 aromatic rings. The number of benzene rings is 1. The zero-order valence-electron chi connectivity index (χ0n) is 12.4. The molecule has 1 heterocycles. The molecule has 5 nitrogen and oxygen atoms in total. The van der Waals surface area contributed by atoms with Crippen LogP contribution in [0.4, 0.5) is 4.39 Å². The number of aryl methyl sites for hydroxylation is 1. The molecule has 1 unspecified atom stereocenters. The molecule has 118 valence electrons. The van der Waals surface area contributed by atoms with Crippen LogP contribution in [0.3, 0.4) is 0 Å². The van der Waals surface area contributed by atoms with Gasteiger partial charge in [-0.05, 0) is 24.1 Å². The first-order chi connectivity index (χ1) is 9.82. The Balaban J connectivity index is 2.11. The molecule has 2 N–H and O–H groups in total. The molecule has 1 aromatic carbocycles. The Kier molecular flexibility index (Phi) is 4.98. The molecule has 0 bridgehead atoms. The van der Waals surface area contributed by atoms with Crippen molar-refractivity contribution in [1.29, 1.82) is 0 Å². The maximum atomic E-state index is 13.7. The summed E-state index contributed by atoms with van der Waals surface area (Å²) in [7, 11) is -3.14. The Hall–Kier alpha value is -1.02. The second-order valence-corrected chi connectivity index (χ2v) is 7.44. The lowest BCUT2D eigenvalue weighted by atomic mass is 10.0. The highest BCUT2D eigenvalue weighted by Crippen LogP contribution is 2.23. The predicted octanol–water partition coefficient (Wildman–Crippen LogP) is 0.711. The van der Waals surface area contributed by atoms with E-state index < -0.39 is 10.0 Å². The van der Waals surface area contributed by atoms with E-state index in [0.29, 0.717) is 38.3 Å². The summed E-state index contributed by atoms with van der Waals surface area (Å²) in [5, 5.41) is 0. The lowest BCUT2D eigenvalue weighted by Crippen LogP contribution is -2.50. The van der Waals surface area contributed by atoms with Crippen molar-refractivity contribution in [3.8, 4) is 0 Å². The molecule has 1 saturated heterocycles. The largest absolute Gasteiger partial charge is 0.329 e. The fourth-order valence-corrected chi connectivity index (χ4v) is 3.49. The summed E-state index contributed by atoms with van der Waals surface area (Å²) >= 11 is 0. The molecule has 21 heavy (non-hydrogen) atoms. The van der Waals surface area contributed by atoms with Crippen molar-refractivity contribution in [2.75, 3.05) is 39.0 Å². The van der Waals surface area contributed by atoms with Gasteiger partial charge in [0.05, 0.1) is 6.26 Å². The topological polar surface area (TPSA) is 66.6 Å². The minimum atomic E-state index is -3.14. The van der Waals surface area contributed by atoms with Crippen molar-refractivity contribution in [1.82, 2.24) is 9.21 Å². The highest BCUT2D eigenvalue weighted by molar-refractivity contribution is 7.88. The molecule has 0 spiro atoms. The number of hydrogen-bond acceptors (Lipinski definition) is 4. The van der Waals surface area contributed by atoms with Gasteiger partial charge in [0.25, 0.3) is 0 Å². The Morgan fingerprint density at radius 2 is 1.90 bits per heavy atom. The van der Waals surface area contributed by atoms with Gasteiger partial charge < -0.3 is 5.73 Å². The summed E-state index contributed by atoms with van der Waals surface area (Å²) in [4.78, 5) is 2.12. The van der Waals surface area contributed by atoms with Crippen LogP contribution >= 0.6 is 0 Å². The van der Waals surface area contributed by atoms with Gasteiger partial charge in [0, 0.05) is 38.8 Å². The third kappa shape index (κ3) is 3.79.